The van der Waals surface area contributed by atoms with Crippen LogP contribution in [0.1, 0.15) is 5.69 Å². The lowest BCUT2D eigenvalue weighted by atomic mass is 10.3. The summed E-state index contributed by atoms with van der Waals surface area (Å²) in [4.78, 5) is 3.43. The van der Waals surface area contributed by atoms with Crippen LogP contribution in [0.3, 0.4) is 0 Å². The van der Waals surface area contributed by atoms with E-state index in [1.54, 1.807) is 6.07 Å². The normalized spacial score (nSPS) is 10.7. The molecule has 0 radical (unpaired) electrons. The van der Waals surface area contributed by atoms with Crippen molar-refractivity contribution < 1.29 is 17.5 Å². The number of hydrogen-bond acceptors (Lipinski definition) is 5. The van der Waals surface area contributed by atoms with E-state index in [9.17, 15) is 12.8 Å². The van der Waals surface area contributed by atoms with Gasteiger partial charge in [-0.2, -0.15) is 5.26 Å². The Hall–Kier alpha value is -2.66. The minimum atomic E-state index is -4.04. The number of nitrogens with one attached hydrogen (secondary N) is 1. The average Bonchev–Trinajstić information content (AvgIpc) is 2.48. The van der Waals surface area contributed by atoms with E-state index in [1.807, 2.05) is 0 Å². The fourth-order valence-corrected chi connectivity index (χ4v) is 2.82. The average molecular weight is 307 g/mol. The molecule has 108 valence electrons. The number of anilines is 1. The van der Waals surface area contributed by atoms with E-state index >= 15 is 0 Å². The number of methoxy groups -OCH3 is 1. The summed E-state index contributed by atoms with van der Waals surface area (Å²) >= 11 is 0. The third kappa shape index (κ3) is 3.09. The van der Waals surface area contributed by atoms with E-state index in [-0.39, 0.29) is 22.0 Å². The Morgan fingerprint density at radius 2 is 2.14 bits per heavy atom. The van der Waals surface area contributed by atoms with E-state index in [0.717, 1.165) is 12.1 Å². The minimum Gasteiger partial charge on any atom is -0.494 e. The number of benzene rings is 1. The maximum atomic E-state index is 13.1. The van der Waals surface area contributed by atoms with E-state index in [2.05, 4.69) is 9.71 Å². The van der Waals surface area contributed by atoms with Gasteiger partial charge in [0, 0.05) is 12.3 Å². The maximum Gasteiger partial charge on any atom is 0.264 e. The van der Waals surface area contributed by atoms with Crippen LogP contribution in [0.4, 0.5) is 10.1 Å². The Labute approximate surface area is 120 Å². The lowest BCUT2D eigenvalue weighted by molar-refractivity contribution is 0.413. The monoisotopic (exact) mass is 307 g/mol. The van der Waals surface area contributed by atoms with Gasteiger partial charge in [0.1, 0.15) is 22.5 Å². The first-order valence-corrected chi connectivity index (χ1v) is 7.17. The fraction of sp³-hybridized carbons (Fsp3) is 0.0769. The van der Waals surface area contributed by atoms with Gasteiger partial charge in [-0.3, -0.25) is 4.72 Å². The SMILES string of the molecule is COc1cc(F)ccc1NS(=O)(=O)c1cccnc1C#N. The second-order valence-electron chi connectivity index (χ2n) is 3.91. The molecule has 0 fully saturated rings. The predicted octanol–water partition coefficient (Wildman–Crippen LogP) is 1.90. The molecule has 21 heavy (non-hydrogen) atoms. The zero-order valence-electron chi connectivity index (χ0n) is 10.9. The van der Waals surface area contributed by atoms with Crippen molar-refractivity contribution in [2.24, 2.45) is 0 Å². The summed E-state index contributed by atoms with van der Waals surface area (Å²) in [5, 5.41) is 8.91. The molecule has 0 bridgehead atoms. The lowest BCUT2D eigenvalue weighted by Crippen LogP contribution is -2.15. The van der Waals surface area contributed by atoms with Gasteiger partial charge in [0.15, 0.2) is 5.69 Å². The topological polar surface area (TPSA) is 92.1 Å². The molecule has 8 heteroatoms. The van der Waals surface area contributed by atoms with Gasteiger partial charge in [0.25, 0.3) is 10.0 Å². The molecule has 1 heterocycles. The fourth-order valence-electron chi connectivity index (χ4n) is 1.64. The second-order valence-corrected chi connectivity index (χ2v) is 5.56. The van der Waals surface area contributed by atoms with Crippen LogP contribution < -0.4 is 9.46 Å². The van der Waals surface area contributed by atoms with Crippen molar-refractivity contribution in [3.63, 3.8) is 0 Å². The molecule has 0 spiro atoms. The van der Waals surface area contributed by atoms with Crippen LogP contribution in [0, 0.1) is 17.1 Å². The number of sulfonamides is 1. The van der Waals surface area contributed by atoms with Crippen molar-refractivity contribution in [1.82, 2.24) is 4.98 Å². The van der Waals surface area contributed by atoms with Gasteiger partial charge in [0.05, 0.1) is 12.8 Å². The predicted molar refractivity (Wildman–Crippen MR) is 72.7 cm³/mol. The van der Waals surface area contributed by atoms with Gasteiger partial charge in [-0.1, -0.05) is 0 Å². The van der Waals surface area contributed by atoms with Gasteiger partial charge >= 0.3 is 0 Å². The van der Waals surface area contributed by atoms with Gasteiger partial charge in [-0.15, -0.1) is 0 Å². The molecule has 1 aromatic carbocycles. The molecule has 0 aliphatic heterocycles. The van der Waals surface area contributed by atoms with Crippen molar-refractivity contribution in [2.45, 2.75) is 4.90 Å². The first kappa shape index (κ1) is 14.7. The molecule has 6 nitrogen and oxygen atoms in total. The summed E-state index contributed by atoms with van der Waals surface area (Å²) in [6.45, 7) is 0. The van der Waals surface area contributed by atoms with E-state index < -0.39 is 15.8 Å². The maximum absolute atomic E-state index is 13.1. The Kier molecular flexibility index (Phi) is 4.05. The van der Waals surface area contributed by atoms with Crippen molar-refractivity contribution in [1.29, 1.82) is 5.26 Å². The van der Waals surface area contributed by atoms with Gasteiger partial charge in [0.2, 0.25) is 0 Å². The minimum absolute atomic E-state index is 0.0287. The van der Waals surface area contributed by atoms with Crippen molar-refractivity contribution in [3.8, 4) is 11.8 Å². The lowest BCUT2D eigenvalue weighted by Gasteiger charge is -2.12. The molecule has 2 rings (SSSR count). The standard InChI is InChI=1S/C13H10FN3O3S/c1-20-12-7-9(14)4-5-10(12)17-21(18,19)13-3-2-6-16-11(13)8-15/h2-7,17H,1H3. The Morgan fingerprint density at radius 1 is 1.38 bits per heavy atom. The third-order valence-corrected chi connectivity index (χ3v) is 3.97. The summed E-state index contributed by atoms with van der Waals surface area (Å²) in [5.74, 6) is -0.533. The zero-order chi connectivity index (χ0) is 15.5. The summed E-state index contributed by atoms with van der Waals surface area (Å²) in [6, 6.07) is 7.73. The first-order valence-electron chi connectivity index (χ1n) is 5.69. The molecule has 0 saturated heterocycles. The smallest absolute Gasteiger partial charge is 0.264 e. The molecular formula is C13H10FN3O3S. The number of nitriles is 1. The largest absolute Gasteiger partial charge is 0.494 e. The number of rotatable bonds is 4. The van der Waals surface area contributed by atoms with Gasteiger partial charge in [-0.25, -0.2) is 17.8 Å². The molecular weight excluding hydrogens is 297 g/mol. The van der Waals surface area contributed by atoms with Crippen molar-refractivity contribution in [2.75, 3.05) is 11.8 Å². The molecule has 1 aromatic heterocycles. The van der Waals surface area contributed by atoms with Crippen LogP contribution >= 0.6 is 0 Å². The van der Waals surface area contributed by atoms with Crippen molar-refractivity contribution >= 4 is 15.7 Å². The highest BCUT2D eigenvalue weighted by Crippen LogP contribution is 2.27. The molecule has 0 aliphatic rings. The number of nitrogens with zero attached hydrogens (tertiary/aromatic N) is 2. The number of hydrogen-bond donors (Lipinski definition) is 1. The molecule has 1 N–H and O–H groups in total. The Morgan fingerprint density at radius 3 is 2.81 bits per heavy atom. The molecule has 0 atom stereocenters. The highest BCUT2D eigenvalue weighted by atomic mass is 32.2. The molecule has 0 saturated carbocycles. The molecule has 0 unspecified atom stereocenters. The molecule has 2 aromatic rings. The number of halogens is 1. The number of aromatic nitrogens is 1. The van der Waals surface area contributed by atoms with Crippen molar-refractivity contribution in [3.05, 3.63) is 48.0 Å². The van der Waals surface area contributed by atoms with E-state index in [0.29, 0.717) is 0 Å². The van der Waals surface area contributed by atoms with Crippen LogP contribution in [-0.4, -0.2) is 20.5 Å². The van der Waals surface area contributed by atoms with Crippen LogP contribution in [0.2, 0.25) is 0 Å². The van der Waals surface area contributed by atoms with Gasteiger partial charge in [-0.05, 0) is 24.3 Å². The van der Waals surface area contributed by atoms with E-state index in [1.165, 1.54) is 31.5 Å². The summed E-state index contributed by atoms with van der Waals surface area (Å²) in [7, 11) is -2.75. The van der Waals surface area contributed by atoms with E-state index in [4.69, 9.17) is 10.00 Å². The quantitative estimate of drug-likeness (QED) is 0.931. The Balaban J connectivity index is 2.45. The van der Waals surface area contributed by atoms with Crippen LogP contribution in [0.25, 0.3) is 0 Å². The number of pyridine rings is 1. The van der Waals surface area contributed by atoms with Gasteiger partial charge < -0.3 is 4.74 Å². The highest BCUT2D eigenvalue weighted by Gasteiger charge is 2.21. The highest BCUT2D eigenvalue weighted by molar-refractivity contribution is 7.92. The van der Waals surface area contributed by atoms with Crippen LogP contribution in [0.5, 0.6) is 5.75 Å². The summed E-state index contributed by atoms with van der Waals surface area (Å²) in [5.41, 5.74) is -0.169. The van der Waals surface area contributed by atoms with Crippen LogP contribution in [-0.2, 0) is 10.0 Å². The third-order valence-electron chi connectivity index (χ3n) is 2.57. The number of ether oxygens (including phenoxy) is 1. The van der Waals surface area contributed by atoms with Crippen LogP contribution in [0.15, 0.2) is 41.4 Å². The second kappa shape index (κ2) is 5.76. The Bertz CT molecular complexity index is 816. The first-order chi connectivity index (χ1) is 9.97. The summed E-state index contributed by atoms with van der Waals surface area (Å²) < 4.78 is 44.8. The summed E-state index contributed by atoms with van der Waals surface area (Å²) in [6.07, 6.45) is 1.32. The zero-order valence-corrected chi connectivity index (χ0v) is 11.7. The molecule has 0 aliphatic carbocycles. The molecule has 0 amide bonds.